The number of aromatic nitrogens is 2. The summed E-state index contributed by atoms with van der Waals surface area (Å²) in [4.78, 5) is 8.20. The van der Waals surface area contributed by atoms with E-state index in [2.05, 4.69) is 25.9 Å². The van der Waals surface area contributed by atoms with Crippen LogP contribution >= 0.6 is 27.5 Å². The molecule has 1 aromatic heterocycles. The van der Waals surface area contributed by atoms with Gasteiger partial charge in [-0.25, -0.2) is 23.1 Å². The molecule has 0 spiro atoms. The fourth-order valence-corrected chi connectivity index (χ4v) is 3.17. The van der Waals surface area contributed by atoms with Crippen LogP contribution in [0, 0.1) is 17.5 Å². The van der Waals surface area contributed by atoms with Gasteiger partial charge in [-0.05, 0) is 43.0 Å². The molecule has 0 aliphatic rings. The quantitative estimate of drug-likeness (QED) is 0.516. The number of benzene rings is 2. The molecule has 0 N–H and O–H groups in total. The van der Waals surface area contributed by atoms with Crippen molar-refractivity contribution < 1.29 is 13.2 Å². The lowest BCUT2D eigenvalue weighted by atomic mass is 10.0. The number of fused-ring (bicyclic) bond motifs is 1. The topological polar surface area (TPSA) is 25.8 Å². The summed E-state index contributed by atoms with van der Waals surface area (Å²) in [6.45, 7) is 0. The van der Waals surface area contributed by atoms with E-state index in [1.807, 2.05) is 0 Å². The summed E-state index contributed by atoms with van der Waals surface area (Å²) in [6.07, 6.45) is 2.67. The van der Waals surface area contributed by atoms with Crippen molar-refractivity contribution >= 4 is 38.4 Å². The van der Waals surface area contributed by atoms with E-state index in [1.165, 1.54) is 18.5 Å². The molecule has 24 heavy (non-hydrogen) atoms. The molecule has 0 aliphatic heterocycles. The number of halogens is 5. The van der Waals surface area contributed by atoms with E-state index in [4.69, 9.17) is 11.6 Å². The van der Waals surface area contributed by atoms with Crippen LogP contribution in [0.2, 0.25) is 5.02 Å². The van der Waals surface area contributed by atoms with E-state index in [0.717, 1.165) is 6.07 Å². The van der Waals surface area contributed by atoms with Gasteiger partial charge in [0, 0.05) is 4.47 Å². The Morgan fingerprint density at radius 3 is 2.58 bits per heavy atom. The second kappa shape index (κ2) is 7.07. The molecular weight excluding hydrogens is 405 g/mol. The monoisotopic (exact) mass is 414 g/mol. The Hall–Kier alpha value is -1.66. The third-order valence-electron chi connectivity index (χ3n) is 3.71. The number of hydrogen-bond acceptors (Lipinski definition) is 2. The molecule has 0 atom stereocenters. The zero-order valence-corrected chi connectivity index (χ0v) is 14.6. The zero-order chi connectivity index (χ0) is 17.3. The van der Waals surface area contributed by atoms with Crippen molar-refractivity contribution in [2.45, 2.75) is 19.3 Å². The Balaban J connectivity index is 1.81. The lowest BCUT2D eigenvalue weighted by molar-refractivity contribution is 0.569. The van der Waals surface area contributed by atoms with E-state index in [-0.39, 0.29) is 0 Å². The Bertz CT molecular complexity index is 918. The minimum atomic E-state index is -0.785. The summed E-state index contributed by atoms with van der Waals surface area (Å²) < 4.78 is 41.8. The molecule has 3 aromatic rings. The Labute approximate surface area is 149 Å². The first-order valence-electron chi connectivity index (χ1n) is 7.18. The van der Waals surface area contributed by atoms with Gasteiger partial charge in [-0.1, -0.05) is 33.6 Å². The molecule has 2 nitrogen and oxygen atoms in total. The first-order chi connectivity index (χ1) is 11.5. The molecule has 1 heterocycles. The average Bonchev–Trinajstić information content (AvgIpc) is 2.54. The molecule has 3 rings (SSSR count). The maximum Gasteiger partial charge on any atom is 0.147 e. The Kier molecular flexibility index (Phi) is 5.06. The van der Waals surface area contributed by atoms with E-state index in [1.54, 1.807) is 6.07 Å². The van der Waals surface area contributed by atoms with Crippen LogP contribution in [0.4, 0.5) is 13.2 Å². The SMILES string of the molecule is Fc1ccc(CCCc2ncnc3cc(Br)cc(F)c23)c(F)c1Cl. The van der Waals surface area contributed by atoms with Gasteiger partial charge in [0.1, 0.15) is 28.8 Å². The van der Waals surface area contributed by atoms with Crippen LogP contribution in [0.25, 0.3) is 10.9 Å². The number of nitrogens with zero attached hydrogens (tertiary/aromatic N) is 2. The van der Waals surface area contributed by atoms with E-state index in [9.17, 15) is 13.2 Å². The summed E-state index contributed by atoms with van der Waals surface area (Å²) in [7, 11) is 0. The van der Waals surface area contributed by atoms with Gasteiger partial charge in [0.25, 0.3) is 0 Å². The van der Waals surface area contributed by atoms with Crippen molar-refractivity contribution in [2.24, 2.45) is 0 Å². The molecule has 0 fully saturated rings. The second-order valence-corrected chi connectivity index (χ2v) is 6.58. The minimum Gasteiger partial charge on any atom is -0.241 e. The average molecular weight is 416 g/mol. The van der Waals surface area contributed by atoms with Gasteiger partial charge in [-0.15, -0.1) is 0 Å². The van der Waals surface area contributed by atoms with Crippen molar-refractivity contribution in [3.8, 4) is 0 Å². The molecule has 0 aliphatic carbocycles. The van der Waals surface area contributed by atoms with Gasteiger partial charge in [0.2, 0.25) is 0 Å². The van der Waals surface area contributed by atoms with Crippen molar-refractivity contribution in [2.75, 3.05) is 0 Å². The highest BCUT2D eigenvalue weighted by molar-refractivity contribution is 9.10. The Morgan fingerprint density at radius 2 is 1.79 bits per heavy atom. The van der Waals surface area contributed by atoms with Gasteiger partial charge in [0.15, 0.2) is 0 Å². The van der Waals surface area contributed by atoms with E-state index in [0.29, 0.717) is 45.9 Å². The van der Waals surface area contributed by atoms with Crippen LogP contribution in [-0.4, -0.2) is 9.97 Å². The van der Waals surface area contributed by atoms with Gasteiger partial charge >= 0.3 is 0 Å². The molecular formula is C17H11BrClF3N2. The predicted octanol–water partition coefficient (Wildman–Crippen LogP) is 5.64. The van der Waals surface area contributed by atoms with Crippen LogP contribution in [0.3, 0.4) is 0 Å². The first kappa shape index (κ1) is 17.2. The van der Waals surface area contributed by atoms with Gasteiger partial charge < -0.3 is 0 Å². The molecule has 0 bridgehead atoms. The number of hydrogen-bond donors (Lipinski definition) is 0. The van der Waals surface area contributed by atoms with Crippen molar-refractivity contribution in [1.82, 2.24) is 9.97 Å². The third-order valence-corrected chi connectivity index (χ3v) is 4.51. The fraction of sp³-hybridized carbons (Fsp3) is 0.176. The van der Waals surface area contributed by atoms with Crippen LogP contribution in [-0.2, 0) is 12.8 Å². The highest BCUT2D eigenvalue weighted by Gasteiger charge is 2.13. The zero-order valence-electron chi connectivity index (χ0n) is 12.3. The predicted molar refractivity (Wildman–Crippen MR) is 90.6 cm³/mol. The van der Waals surface area contributed by atoms with Gasteiger partial charge in [-0.2, -0.15) is 0 Å². The van der Waals surface area contributed by atoms with E-state index >= 15 is 0 Å². The molecule has 0 radical (unpaired) electrons. The van der Waals surface area contributed by atoms with Gasteiger partial charge in [0.05, 0.1) is 16.6 Å². The first-order valence-corrected chi connectivity index (χ1v) is 8.35. The summed E-state index contributed by atoms with van der Waals surface area (Å²) in [5.74, 6) is -1.95. The summed E-state index contributed by atoms with van der Waals surface area (Å²) >= 11 is 8.79. The molecule has 124 valence electrons. The Morgan fingerprint density at radius 1 is 1.00 bits per heavy atom. The summed E-state index contributed by atoms with van der Waals surface area (Å²) in [5.41, 5.74) is 1.38. The second-order valence-electron chi connectivity index (χ2n) is 5.29. The van der Waals surface area contributed by atoms with Crippen molar-refractivity contribution in [1.29, 1.82) is 0 Å². The highest BCUT2D eigenvalue weighted by Crippen LogP contribution is 2.26. The number of aryl methyl sites for hydroxylation is 2. The lowest BCUT2D eigenvalue weighted by Gasteiger charge is -2.08. The van der Waals surface area contributed by atoms with Crippen LogP contribution < -0.4 is 0 Å². The standard InChI is InChI=1S/C17H11BrClF3N2/c18-10-6-12(21)15-13(23-8-24-14(15)7-10)3-1-2-9-4-5-11(20)16(19)17(9)22/h4-8H,1-3H2. The summed E-state index contributed by atoms with van der Waals surface area (Å²) in [5, 5.41) is -0.144. The maximum absolute atomic E-state index is 14.2. The molecule has 0 amide bonds. The number of rotatable bonds is 4. The molecule has 0 saturated carbocycles. The normalized spacial score (nSPS) is 11.2. The van der Waals surface area contributed by atoms with Crippen LogP contribution in [0.5, 0.6) is 0 Å². The molecule has 0 saturated heterocycles. The summed E-state index contributed by atoms with van der Waals surface area (Å²) in [6, 6.07) is 5.57. The van der Waals surface area contributed by atoms with Crippen molar-refractivity contribution in [3.05, 3.63) is 68.8 Å². The molecule has 2 aromatic carbocycles. The van der Waals surface area contributed by atoms with Crippen LogP contribution in [0.1, 0.15) is 17.7 Å². The maximum atomic E-state index is 14.2. The van der Waals surface area contributed by atoms with Gasteiger partial charge in [-0.3, -0.25) is 0 Å². The molecule has 7 heteroatoms. The third kappa shape index (κ3) is 3.39. The minimum absolute atomic E-state index is 0.322. The van der Waals surface area contributed by atoms with Crippen LogP contribution in [0.15, 0.2) is 35.1 Å². The fourth-order valence-electron chi connectivity index (χ4n) is 2.57. The van der Waals surface area contributed by atoms with Crippen molar-refractivity contribution in [3.63, 3.8) is 0 Å². The van der Waals surface area contributed by atoms with E-state index < -0.39 is 22.5 Å². The largest absolute Gasteiger partial charge is 0.241 e. The lowest BCUT2D eigenvalue weighted by Crippen LogP contribution is -2.00. The highest BCUT2D eigenvalue weighted by atomic mass is 79.9. The molecule has 0 unspecified atom stereocenters. The smallest absolute Gasteiger partial charge is 0.147 e.